The van der Waals surface area contributed by atoms with Gasteiger partial charge in [0.1, 0.15) is 0 Å². The van der Waals surface area contributed by atoms with E-state index < -0.39 is 5.60 Å². The standard InChI is InChI=1S/C30H28NOS/c1-4-30(32,5-2)23-13-14-31-18-22-10-12-25-24-11-9-21(20-8-6-7-19(3)15-20)16-27(24)33-29(25)28(22)26(31)17-23/h6-17,32H,4-5,18H2,1-3H3/q+1. The molecule has 0 amide bonds. The van der Waals surface area contributed by atoms with Crippen molar-refractivity contribution in [2.75, 3.05) is 0 Å². The average molecular weight is 451 g/mol. The van der Waals surface area contributed by atoms with E-state index in [-0.39, 0.29) is 0 Å². The number of thiophene rings is 1. The number of nitrogens with zero attached hydrogens (tertiary/aromatic N) is 1. The average Bonchev–Trinajstić information content (AvgIpc) is 3.40. The molecule has 3 heteroatoms. The molecule has 1 aliphatic rings. The highest BCUT2D eigenvalue weighted by atomic mass is 32.1. The van der Waals surface area contributed by atoms with Crippen LogP contribution >= 0.6 is 11.3 Å². The van der Waals surface area contributed by atoms with Crippen molar-refractivity contribution in [2.45, 2.75) is 45.8 Å². The van der Waals surface area contributed by atoms with Gasteiger partial charge in [-0.3, -0.25) is 0 Å². The fourth-order valence-corrected chi connectivity index (χ4v) is 6.63. The second-order valence-electron chi connectivity index (χ2n) is 9.33. The number of rotatable bonds is 4. The minimum atomic E-state index is -0.769. The number of aryl methyl sites for hydroxylation is 1. The largest absolute Gasteiger partial charge is 0.385 e. The third-order valence-corrected chi connectivity index (χ3v) is 8.60. The molecule has 0 atom stereocenters. The van der Waals surface area contributed by atoms with Crippen molar-refractivity contribution in [3.63, 3.8) is 0 Å². The predicted octanol–water partition coefficient (Wildman–Crippen LogP) is 7.35. The van der Waals surface area contributed by atoms with E-state index >= 15 is 0 Å². The highest BCUT2D eigenvalue weighted by molar-refractivity contribution is 7.26. The first-order chi connectivity index (χ1) is 16.0. The summed E-state index contributed by atoms with van der Waals surface area (Å²) < 4.78 is 5.00. The quantitative estimate of drug-likeness (QED) is 0.279. The van der Waals surface area contributed by atoms with Gasteiger partial charge in [-0.15, -0.1) is 11.3 Å². The summed E-state index contributed by atoms with van der Waals surface area (Å²) in [7, 11) is 0. The molecule has 1 aliphatic heterocycles. The Hall–Kier alpha value is -3.01. The monoisotopic (exact) mass is 450 g/mol. The first kappa shape index (κ1) is 20.6. The molecule has 0 aliphatic carbocycles. The summed E-state index contributed by atoms with van der Waals surface area (Å²) in [5, 5.41) is 13.8. The van der Waals surface area contributed by atoms with E-state index in [1.54, 1.807) is 0 Å². The van der Waals surface area contributed by atoms with Crippen molar-refractivity contribution < 1.29 is 9.67 Å². The lowest BCUT2D eigenvalue weighted by atomic mass is 9.88. The number of pyridine rings is 1. The van der Waals surface area contributed by atoms with Gasteiger partial charge in [-0.25, -0.2) is 0 Å². The van der Waals surface area contributed by atoms with E-state index in [2.05, 4.69) is 98.3 Å². The number of fused-ring (bicyclic) bond motifs is 7. The van der Waals surface area contributed by atoms with Crippen LogP contribution in [0.4, 0.5) is 0 Å². The molecule has 0 radical (unpaired) electrons. The zero-order valence-electron chi connectivity index (χ0n) is 19.4. The highest BCUT2D eigenvalue weighted by Crippen LogP contribution is 2.44. The van der Waals surface area contributed by atoms with Crippen LogP contribution in [0.25, 0.3) is 42.6 Å². The predicted molar refractivity (Wildman–Crippen MR) is 139 cm³/mol. The summed E-state index contributed by atoms with van der Waals surface area (Å²) in [4.78, 5) is 0. The van der Waals surface area contributed by atoms with Gasteiger partial charge >= 0.3 is 0 Å². The van der Waals surface area contributed by atoms with E-state index in [4.69, 9.17) is 0 Å². The Bertz CT molecular complexity index is 1540. The second kappa shape index (κ2) is 7.51. The molecular formula is C30H28NOS+. The number of aromatic nitrogens is 1. The molecule has 0 saturated heterocycles. The van der Waals surface area contributed by atoms with Crippen LogP contribution in [-0.4, -0.2) is 5.11 Å². The molecule has 3 aromatic carbocycles. The molecule has 0 bridgehead atoms. The first-order valence-corrected chi connectivity index (χ1v) is 12.6. The van der Waals surface area contributed by atoms with E-state index in [1.165, 1.54) is 53.7 Å². The van der Waals surface area contributed by atoms with Gasteiger partial charge < -0.3 is 5.11 Å². The summed E-state index contributed by atoms with van der Waals surface area (Å²) >= 11 is 1.89. The molecule has 6 rings (SSSR count). The van der Waals surface area contributed by atoms with Gasteiger partial charge in [0.05, 0.1) is 11.2 Å². The third kappa shape index (κ3) is 3.14. The highest BCUT2D eigenvalue weighted by Gasteiger charge is 2.33. The first-order valence-electron chi connectivity index (χ1n) is 11.8. The number of aliphatic hydroxyl groups is 1. The topological polar surface area (TPSA) is 24.1 Å². The van der Waals surface area contributed by atoms with Gasteiger partial charge in [-0.05, 0) is 42.5 Å². The molecule has 0 spiro atoms. The maximum atomic E-state index is 11.2. The van der Waals surface area contributed by atoms with Crippen LogP contribution in [0.5, 0.6) is 0 Å². The van der Waals surface area contributed by atoms with Crippen molar-refractivity contribution in [1.82, 2.24) is 0 Å². The SMILES string of the molecule is CCC(O)(CC)c1cc[n+]2c(c1)-c1c(ccc3c1sc1cc(-c4cccc(C)c4)ccc13)C2. The maximum absolute atomic E-state index is 11.2. The molecule has 164 valence electrons. The molecule has 3 heterocycles. The Labute approximate surface area is 198 Å². The van der Waals surface area contributed by atoms with Gasteiger partial charge in [0.2, 0.25) is 5.69 Å². The number of hydrogen-bond acceptors (Lipinski definition) is 2. The van der Waals surface area contributed by atoms with E-state index in [1.807, 2.05) is 11.3 Å². The molecule has 2 nitrogen and oxygen atoms in total. The Kier molecular flexibility index (Phi) is 4.69. The van der Waals surface area contributed by atoms with Crippen molar-refractivity contribution in [1.29, 1.82) is 0 Å². The Morgan fingerprint density at radius 2 is 1.70 bits per heavy atom. The maximum Gasteiger partial charge on any atom is 0.215 e. The lowest BCUT2D eigenvalue weighted by Crippen LogP contribution is -2.33. The summed E-state index contributed by atoms with van der Waals surface area (Å²) in [5.74, 6) is 0. The van der Waals surface area contributed by atoms with E-state index in [0.29, 0.717) is 12.8 Å². The fraction of sp³-hybridized carbons (Fsp3) is 0.233. The van der Waals surface area contributed by atoms with Gasteiger partial charge in [-0.1, -0.05) is 67.9 Å². The second-order valence-corrected chi connectivity index (χ2v) is 10.4. The van der Waals surface area contributed by atoms with Crippen molar-refractivity contribution in [3.8, 4) is 22.4 Å². The van der Waals surface area contributed by atoms with Crippen LogP contribution in [0.3, 0.4) is 0 Å². The molecule has 0 fully saturated rings. The van der Waals surface area contributed by atoms with Crippen LogP contribution in [0, 0.1) is 6.92 Å². The lowest BCUT2D eigenvalue weighted by Gasteiger charge is -2.25. The van der Waals surface area contributed by atoms with Crippen LogP contribution in [0.15, 0.2) is 72.9 Å². The minimum Gasteiger partial charge on any atom is -0.385 e. The molecule has 33 heavy (non-hydrogen) atoms. The normalized spacial score (nSPS) is 13.0. The van der Waals surface area contributed by atoms with Crippen molar-refractivity contribution in [2.24, 2.45) is 0 Å². The summed E-state index contributed by atoms with van der Waals surface area (Å²) in [6.45, 7) is 7.16. The van der Waals surface area contributed by atoms with Crippen LogP contribution in [0.1, 0.15) is 43.4 Å². The molecular weight excluding hydrogens is 422 g/mol. The van der Waals surface area contributed by atoms with Gasteiger partial charge in [0.15, 0.2) is 12.7 Å². The Balaban J connectivity index is 1.55. The Morgan fingerprint density at radius 3 is 2.48 bits per heavy atom. The van der Waals surface area contributed by atoms with Crippen LogP contribution in [-0.2, 0) is 12.1 Å². The zero-order valence-corrected chi connectivity index (χ0v) is 20.2. The summed E-state index contributed by atoms with van der Waals surface area (Å²) in [6.07, 6.45) is 3.58. The molecule has 2 aromatic heterocycles. The molecule has 0 unspecified atom stereocenters. The van der Waals surface area contributed by atoms with Crippen LogP contribution in [0.2, 0.25) is 0 Å². The summed E-state index contributed by atoms with van der Waals surface area (Å²) in [6, 6.07) is 24.5. The van der Waals surface area contributed by atoms with E-state index in [0.717, 1.165) is 12.1 Å². The van der Waals surface area contributed by atoms with Crippen molar-refractivity contribution >= 4 is 31.5 Å². The molecule has 0 saturated carbocycles. The van der Waals surface area contributed by atoms with Crippen LogP contribution < -0.4 is 4.57 Å². The van der Waals surface area contributed by atoms with Gasteiger partial charge in [-0.2, -0.15) is 4.57 Å². The van der Waals surface area contributed by atoms with Gasteiger partial charge in [0, 0.05) is 37.9 Å². The minimum absolute atomic E-state index is 0.717. The lowest BCUT2D eigenvalue weighted by molar-refractivity contribution is -0.672. The summed E-state index contributed by atoms with van der Waals surface area (Å²) in [5.41, 5.74) is 7.99. The van der Waals surface area contributed by atoms with Gasteiger partial charge in [0.25, 0.3) is 0 Å². The fourth-order valence-electron chi connectivity index (χ4n) is 5.31. The van der Waals surface area contributed by atoms with Crippen molar-refractivity contribution in [3.05, 3.63) is 89.6 Å². The van der Waals surface area contributed by atoms with E-state index in [9.17, 15) is 5.11 Å². The Morgan fingerprint density at radius 1 is 0.909 bits per heavy atom. The third-order valence-electron chi connectivity index (χ3n) is 7.42. The molecule has 5 aromatic rings. The molecule has 1 N–H and O–H groups in total. The smallest absolute Gasteiger partial charge is 0.215 e. The zero-order chi connectivity index (χ0) is 22.7. The number of benzene rings is 3. The number of hydrogen-bond donors (Lipinski definition) is 1.